The van der Waals surface area contributed by atoms with Crippen LogP contribution in [-0.2, 0) is 16.1 Å². The van der Waals surface area contributed by atoms with Crippen LogP contribution in [0.15, 0.2) is 18.2 Å². The zero-order chi connectivity index (χ0) is 14.5. The van der Waals surface area contributed by atoms with Crippen LogP contribution in [-0.4, -0.2) is 48.3 Å². The highest BCUT2D eigenvalue weighted by Gasteiger charge is 2.29. The van der Waals surface area contributed by atoms with E-state index in [2.05, 4.69) is 10.2 Å². The van der Waals surface area contributed by atoms with Crippen molar-refractivity contribution in [3.05, 3.63) is 28.8 Å². The molecule has 1 atom stereocenters. The van der Waals surface area contributed by atoms with Crippen LogP contribution in [0.3, 0.4) is 0 Å². The first kappa shape index (κ1) is 15.1. The van der Waals surface area contributed by atoms with Crippen molar-refractivity contribution >= 4 is 17.6 Å². The topological polar surface area (TPSA) is 61.8 Å². The molecule has 2 rings (SSSR count). The monoisotopic (exact) mass is 298 g/mol. The summed E-state index contributed by atoms with van der Waals surface area (Å²) >= 11 is 5.91. The van der Waals surface area contributed by atoms with Crippen molar-refractivity contribution in [2.75, 3.05) is 26.2 Å². The van der Waals surface area contributed by atoms with Crippen molar-refractivity contribution in [2.24, 2.45) is 0 Å². The summed E-state index contributed by atoms with van der Waals surface area (Å²) in [6.45, 7) is 4.98. The third-order valence-corrected chi connectivity index (χ3v) is 3.61. The Hall–Kier alpha value is -1.30. The van der Waals surface area contributed by atoms with Crippen molar-refractivity contribution in [2.45, 2.75) is 19.5 Å². The van der Waals surface area contributed by atoms with Gasteiger partial charge in [-0.05, 0) is 24.6 Å². The van der Waals surface area contributed by atoms with E-state index in [0.29, 0.717) is 24.7 Å². The third kappa shape index (κ3) is 3.62. The van der Waals surface area contributed by atoms with E-state index in [0.717, 1.165) is 18.7 Å². The molecule has 0 spiro atoms. The number of halogens is 1. The lowest BCUT2D eigenvalue weighted by Crippen LogP contribution is -2.54. The number of esters is 1. The van der Waals surface area contributed by atoms with Gasteiger partial charge >= 0.3 is 5.97 Å². The molecule has 0 amide bonds. The zero-order valence-corrected chi connectivity index (χ0v) is 12.2. The largest absolute Gasteiger partial charge is 0.506 e. The number of nitrogens with zero attached hydrogens (tertiary/aromatic N) is 1. The predicted molar refractivity (Wildman–Crippen MR) is 76.8 cm³/mol. The number of carbonyl (C=O) groups is 1. The molecule has 2 N–H and O–H groups in total. The summed E-state index contributed by atoms with van der Waals surface area (Å²) in [6, 6.07) is 4.82. The molecule has 1 aromatic carbocycles. The van der Waals surface area contributed by atoms with Gasteiger partial charge in [0.05, 0.1) is 11.6 Å². The Morgan fingerprint density at radius 3 is 3.10 bits per heavy atom. The Morgan fingerprint density at radius 1 is 1.60 bits per heavy atom. The van der Waals surface area contributed by atoms with Crippen LogP contribution < -0.4 is 5.32 Å². The highest BCUT2D eigenvalue weighted by molar-refractivity contribution is 6.32. The van der Waals surface area contributed by atoms with E-state index in [1.807, 2.05) is 6.07 Å². The fourth-order valence-corrected chi connectivity index (χ4v) is 2.49. The number of aromatic hydroxyl groups is 1. The minimum atomic E-state index is -0.281. The summed E-state index contributed by atoms with van der Waals surface area (Å²) in [5.74, 6) is -0.137. The molecule has 20 heavy (non-hydrogen) atoms. The van der Waals surface area contributed by atoms with E-state index in [-0.39, 0.29) is 17.8 Å². The molecule has 110 valence electrons. The maximum Gasteiger partial charge on any atom is 0.324 e. The Labute approximate surface area is 123 Å². The van der Waals surface area contributed by atoms with Gasteiger partial charge < -0.3 is 15.2 Å². The molecule has 0 aliphatic carbocycles. The van der Waals surface area contributed by atoms with Gasteiger partial charge in [0.2, 0.25) is 0 Å². The van der Waals surface area contributed by atoms with Gasteiger partial charge in [-0.15, -0.1) is 0 Å². The number of phenols is 1. The smallest absolute Gasteiger partial charge is 0.324 e. The Balaban J connectivity index is 2.08. The van der Waals surface area contributed by atoms with Gasteiger partial charge in [0.1, 0.15) is 11.8 Å². The van der Waals surface area contributed by atoms with Crippen LogP contribution in [0.2, 0.25) is 5.02 Å². The van der Waals surface area contributed by atoms with Gasteiger partial charge in [0.15, 0.2) is 0 Å². The van der Waals surface area contributed by atoms with Crippen molar-refractivity contribution < 1.29 is 14.6 Å². The number of hydrogen-bond donors (Lipinski definition) is 2. The normalized spacial score (nSPS) is 19.8. The minimum Gasteiger partial charge on any atom is -0.506 e. The van der Waals surface area contributed by atoms with E-state index in [1.165, 1.54) is 0 Å². The first-order valence-electron chi connectivity index (χ1n) is 6.70. The standard InChI is InChI=1S/C14H19ClN2O3/c1-2-20-14(19)12-8-16-5-6-17(12)9-10-3-4-13(18)11(15)7-10/h3-4,7,12,16,18H,2,5-6,8-9H2,1H3. The number of hydrogen-bond acceptors (Lipinski definition) is 5. The first-order valence-corrected chi connectivity index (χ1v) is 7.08. The first-order chi connectivity index (χ1) is 9.61. The molecule has 0 bridgehead atoms. The summed E-state index contributed by atoms with van der Waals surface area (Å²) in [5, 5.41) is 13.0. The number of benzene rings is 1. The number of rotatable bonds is 4. The Morgan fingerprint density at radius 2 is 2.40 bits per heavy atom. The Kier molecular flexibility index (Phi) is 5.23. The quantitative estimate of drug-likeness (QED) is 0.823. The van der Waals surface area contributed by atoms with Gasteiger partial charge in [0, 0.05) is 26.2 Å². The van der Waals surface area contributed by atoms with Crippen LogP contribution in [0.5, 0.6) is 5.75 Å². The van der Waals surface area contributed by atoms with E-state index in [1.54, 1.807) is 19.1 Å². The number of carbonyl (C=O) groups excluding carboxylic acids is 1. The van der Waals surface area contributed by atoms with Crippen molar-refractivity contribution in [3.63, 3.8) is 0 Å². The molecule has 6 heteroatoms. The lowest BCUT2D eigenvalue weighted by Gasteiger charge is -2.34. The second-order valence-electron chi connectivity index (χ2n) is 4.73. The summed E-state index contributed by atoms with van der Waals surface area (Å²) in [7, 11) is 0. The molecular weight excluding hydrogens is 280 g/mol. The molecule has 1 aliphatic rings. The molecule has 0 aromatic heterocycles. The van der Waals surface area contributed by atoms with Gasteiger partial charge in [-0.25, -0.2) is 0 Å². The molecular formula is C14H19ClN2O3. The molecule has 1 aliphatic heterocycles. The van der Waals surface area contributed by atoms with Crippen LogP contribution in [0.4, 0.5) is 0 Å². The van der Waals surface area contributed by atoms with Gasteiger partial charge in [-0.2, -0.15) is 0 Å². The molecule has 1 unspecified atom stereocenters. The van der Waals surface area contributed by atoms with Gasteiger partial charge in [-0.3, -0.25) is 9.69 Å². The molecule has 0 saturated carbocycles. The van der Waals surface area contributed by atoms with Crippen molar-refractivity contribution in [1.82, 2.24) is 10.2 Å². The number of ether oxygens (including phenoxy) is 1. The average Bonchev–Trinajstić information content (AvgIpc) is 2.44. The van der Waals surface area contributed by atoms with Crippen LogP contribution in [0, 0.1) is 0 Å². The lowest BCUT2D eigenvalue weighted by molar-refractivity contribution is -0.150. The van der Waals surface area contributed by atoms with E-state index in [4.69, 9.17) is 16.3 Å². The maximum atomic E-state index is 11.9. The second kappa shape index (κ2) is 6.92. The average molecular weight is 299 g/mol. The highest BCUT2D eigenvalue weighted by atomic mass is 35.5. The maximum absolute atomic E-state index is 11.9. The fraction of sp³-hybridized carbons (Fsp3) is 0.500. The van der Waals surface area contributed by atoms with Gasteiger partial charge in [0.25, 0.3) is 0 Å². The predicted octanol–water partition coefficient (Wildman–Crippen LogP) is 1.38. The van der Waals surface area contributed by atoms with Crippen LogP contribution >= 0.6 is 11.6 Å². The molecule has 0 radical (unpaired) electrons. The van der Waals surface area contributed by atoms with Crippen LogP contribution in [0.25, 0.3) is 0 Å². The third-order valence-electron chi connectivity index (χ3n) is 3.31. The second-order valence-corrected chi connectivity index (χ2v) is 5.14. The zero-order valence-electron chi connectivity index (χ0n) is 11.4. The summed E-state index contributed by atoms with van der Waals surface area (Å²) < 4.78 is 5.11. The molecule has 1 fully saturated rings. The van der Waals surface area contributed by atoms with Gasteiger partial charge in [-0.1, -0.05) is 17.7 Å². The SMILES string of the molecule is CCOC(=O)C1CNCCN1Cc1ccc(O)c(Cl)c1. The summed E-state index contributed by atoms with van der Waals surface area (Å²) in [5.41, 5.74) is 0.962. The summed E-state index contributed by atoms with van der Waals surface area (Å²) in [4.78, 5) is 14.0. The highest BCUT2D eigenvalue weighted by Crippen LogP contribution is 2.24. The number of nitrogens with one attached hydrogen (secondary N) is 1. The Bertz CT molecular complexity index is 481. The van der Waals surface area contributed by atoms with E-state index < -0.39 is 0 Å². The number of phenolic OH excluding ortho intramolecular Hbond substituents is 1. The molecule has 5 nitrogen and oxygen atoms in total. The van der Waals surface area contributed by atoms with E-state index >= 15 is 0 Å². The lowest BCUT2D eigenvalue weighted by atomic mass is 10.1. The minimum absolute atomic E-state index is 0.0673. The fourth-order valence-electron chi connectivity index (χ4n) is 2.29. The van der Waals surface area contributed by atoms with E-state index in [9.17, 15) is 9.90 Å². The van der Waals surface area contributed by atoms with Crippen molar-refractivity contribution in [3.8, 4) is 5.75 Å². The molecule has 1 aromatic rings. The van der Waals surface area contributed by atoms with Crippen molar-refractivity contribution in [1.29, 1.82) is 0 Å². The molecule has 1 saturated heterocycles. The molecule has 1 heterocycles. The summed E-state index contributed by atoms with van der Waals surface area (Å²) in [6.07, 6.45) is 0. The van der Waals surface area contributed by atoms with Crippen LogP contribution in [0.1, 0.15) is 12.5 Å². The number of piperazine rings is 1.